The fourth-order valence-electron chi connectivity index (χ4n) is 6.82. The fourth-order valence-corrected chi connectivity index (χ4v) is 19.5. The van der Waals surface area contributed by atoms with E-state index in [9.17, 15) is 13.2 Å². The monoisotopic (exact) mass is 668 g/mol. The van der Waals surface area contributed by atoms with Crippen LogP contribution >= 0.6 is 14.5 Å². The second kappa shape index (κ2) is 13.0. The Morgan fingerprint density at radius 1 is 0.638 bits per heavy atom. The summed E-state index contributed by atoms with van der Waals surface area (Å²) in [7, 11) is -6.00. The Labute approximate surface area is 274 Å². The first-order chi connectivity index (χ1) is 22.5. The quantitative estimate of drug-likeness (QED) is 0.155. The predicted molar refractivity (Wildman–Crippen MR) is 195 cm³/mol. The number of nitrogens with zero attached hydrogens (tertiary/aromatic N) is 4. The van der Waals surface area contributed by atoms with E-state index in [-0.39, 0.29) is 5.82 Å². The van der Waals surface area contributed by atoms with Gasteiger partial charge in [-0.15, -0.1) is 0 Å². The summed E-state index contributed by atoms with van der Waals surface area (Å²) in [6.45, 7) is 8.44. The number of aryl methyl sites for hydroxylation is 1. The Morgan fingerprint density at radius 2 is 1.04 bits per heavy atom. The summed E-state index contributed by atoms with van der Waals surface area (Å²) in [5.41, 5.74) is 1.83. The van der Waals surface area contributed by atoms with Crippen LogP contribution in [-0.4, -0.2) is 33.1 Å². The molecule has 0 atom stereocenters. The van der Waals surface area contributed by atoms with Gasteiger partial charge in [-0.25, -0.2) is 0 Å². The molecule has 0 saturated heterocycles. The molecular weight excluding hydrogens is 631 g/mol. The fraction of sp³-hybridized carbons (Fsp3) is 0.132. The SMILES string of the molecule is CC(=C([PH](C)(c1ccccc1)c1ccccc1)[PH](C)(c1ccccc1)c1ccccc1)n1nc(C(F)(F)F)nc1-c1cc(C)ccn1. The molecule has 0 fully saturated rings. The maximum atomic E-state index is 14.4. The second-order valence-electron chi connectivity index (χ2n) is 12.1. The first kappa shape index (κ1) is 32.5. The molecule has 0 aliphatic carbocycles. The average molecular weight is 669 g/mol. The minimum atomic E-state index is -4.75. The molecule has 6 rings (SSSR count). The van der Waals surface area contributed by atoms with Gasteiger partial charge < -0.3 is 0 Å². The molecule has 240 valence electrons. The number of aromatic nitrogens is 4. The van der Waals surface area contributed by atoms with E-state index in [0.29, 0.717) is 11.4 Å². The van der Waals surface area contributed by atoms with Gasteiger partial charge >= 0.3 is 275 Å². The van der Waals surface area contributed by atoms with Crippen molar-refractivity contribution in [3.05, 3.63) is 156 Å². The van der Waals surface area contributed by atoms with Crippen LogP contribution in [-0.2, 0) is 6.18 Å². The molecule has 0 spiro atoms. The summed E-state index contributed by atoms with van der Waals surface area (Å²) in [5, 5.41) is 9.96. The van der Waals surface area contributed by atoms with Gasteiger partial charge in [0, 0.05) is 0 Å². The minimum absolute atomic E-state index is 0.0611. The molecule has 0 amide bonds. The summed E-state index contributed by atoms with van der Waals surface area (Å²) >= 11 is 0. The molecule has 0 bridgehead atoms. The summed E-state index contributed by atoms with van der Waals surface area (Å²) in [5.74, 6) is -1.13. The van der Waals surface area contributed by atoms with Crippen molar-refractivity contribution in [2.45, 2.75) is 20.0 Å². The van der Waals surface area contributed by atoms with Crippen LogP contribution in [0.4, 0.5) is 13.2 Å². The Bertz CT molecular complexity index is 1840. The van der Waals surface area contributed by atoms with E-state index in [0.717, 1.165) is 31.8 Å². The molecule has 0 aliphatic heterocycles. The van der Waals surface area contributed by atoms with Crippen LogP contribution in [0.25, 0.3) is 17.2 Å². The predicted octanol–water partition coefficient (Wildman–Crippen LogP) is 7.87. The third kappa shape index (κ3) is 6.06. The third-order valence-electron chi connectivity index (χ3n) is 9.09. The van der Waals surface area contributed by atoms with Gasteiger partial charge in [-0.05, 0) is 0 Å². The molecule has 0 N–H and O–H groups in total. The number of hydrogen-bond acceptors (Lipinski definition) is 3. The molecule has 6 aromatic rings. The first-order valence-corrected chi connectivity index (χ1v) is 20.5. The van der Waals surface area contributed by atoms with Crippen molar-refractivity contribution in [3.8, 4) is 11.5 Å². The van der Waals surface area contributed by atoms with E-state index in [1.807, 2.05) is 92.7 Å². The van der Waals surface area contributed by atoms with Crippen LogP contribution in [0, 0.1) is 6.92 Å². The van der Waals surface area contributed by atoms with Crippen molar-refractivity contribution >= 4 is 41.4 Å². The van der Waals surface area contributed by atoms with Crippen molar-refractivity contribution in [3.63, 3.8) is 0 Å². The van der Waals surface area contributed by atoms with Crippen LogP contribution < -0.4 is 21.2 Å². The van der Waals surface area contributed by atoms with Crippen LogP contribution in [0.3, 0.4) is 0 Å². The molecule has 2 heterocycles. The average Bonchev–Trinajstić information content (AvgIpc) is 3.57. The molecule has 0 saturated carbocycles. The zero-order valence-electron chi connectivity index (χ0n) is 26.7. The summed E-state index contributed by atoms with van der Waals surface area (Å²) in [6, 6.07) is 45.1. The van der Waals surface area contributed by atoms with Crippen molar-refractivity contribution in [2.75, 3.05) is 13.3 Å². The Morgan fingerprint density at radius 3 is 1.40 bits per heavy atom. The zero-order valence-corrected chi connectivity index (χ0v) is 28.7. The molecule has 0 unspecified atom stereocenters. The molecule has 2 aromatic heterocycles. The van der Waals surface area contributed by atoms with E-state index in [1.54, 1.807) is 12.3 Å². The molecule has 0 radical (unpaired) electrons. The van der Waals surface area contributed by atoms with Gasteiger partial charge in [0.25, 0.3) is 0 Å². The van der Waals surface area contributed by atoms with Gasteiger partial charge in [0.15, 0.2) is 0 Å². The Kier molecular flexibility index (Phi) is 8.98. The second-order valence-corrected chi connectivity index (χ2v) is 20.4. The third-order valence-corrected chi connectivity index (χ3v) is 20.8. The van der Waals surface area contributed by atoms with Crippen LogP contribution in [0.5, 0.6) is 0 Å². The molecule has 0 aliphatic rings. The number of benzene rings is 4. The first-order valence-electron chi connectivity index (χ1n) is 15.5. The summed E-state index contributed by atoms with van der Waals surface area (Å²) in [4.78, 5) is 8.59. The van der Waals surface area contributed by atoms with Crippen molar-refractivity contribution in [1.82, 2.24) is 19.7 Å². The molecular formula is C38H37F3N4P2. The van der Waals surface area contributed by atoms with Gasteiger partial charge in [-0.2, -0.15) is 0 Å². The van der Waals surface area contributed by atoms with E-state index >= 15 is 0 Å². The van der Waals surface area contributed by atoms with Crippen molar-refractivity contribution < 1.29 is 13.2 Å². The van der Waals surface area contributed by atoms with E-state index in [4.69, 9.17) is 0 Å². The Hall–Kier alpha value is -4.44. The topological polar surface area (TPSA) is 43.6 Å². The van der Waals surface area contributed by atoms with Gasteiger partial charge in [-0.3, -0.25) is 0 Å². The number of allylic oxidation sites excluding steroid dienone is 1. The van der Waals surface area contributed by atoms with E-state index in [1.165, 1.54) is 4.68 Å². The Balaban J connectivity index is 1.83. The van der Waals surface area contributed by atoms with Gasteiger partial charge in [-0.1, -0.05) is 0 Å². The van der Waals surface area contributed by atoms with Crippen LogP contribution in [0.1, 0.15) is 18.3 Å². The van der Waals surface area contributed by atoms with E-state index in [2.05, 4.69) is 76.9 Å². The number of hydrogen-bond donors (Lipinski definition) is 0. The summed E-state index contributed by atoms with van der Waals surface area (Å²) < 4.78 is 44.6. The molecule has 47 heavy (non-hydrogen) atoms. The van der Waals surface area contributed by atoms with Crippen LogP contribution in [0.15, 0.2) is 145 Å². The molecule has 9 heteroatoms. The maximum absolute atomic E-state index is 14.4. The normalized spacial score (nSPS) is 12.8. The van der Waals surface area contributed by atoms with Gasteiger partial charge in [0.05, 0.1) is 0 Å². The van der Waals surface area contributed by atoms with Crippen molar-refractivity contribution in [1.29, 1.82) is 0 Å². The molecule has 4 aromatic carbocycles. The standard InChI is InChI=1S/C38H37F3N4P2/c1-28-25-26-42-34(27-28)35-43-37(38(39,40)41)44-45(35)29(2)36(46(3,30-17-9-5-10-18-30)31-19-11-6-12-20-31)47(4,32-21-13-7-14-22-32)33-23-15-8-16-24-33/h5-27,46-47H,1-4H3. The number of alkyl halides is 3. The summed E-state index contributed by atoms with van der Waals surface area (Å²) in [6.07, 6.45) is -3.15. The van der Waals surface area contributed by atoms with Crippen LogP contribution in [0.2, 0.25) is 0 Å². The molecule has 4 nitrogen and oxygen atoms in total. The zero-order chi connectivity index (χ0) is 33.2. The van der Waals surface area contributed by atoms with Crippen molar-refractivity contribution in [2.24, 2.45) is 0 Å². The van der Waals surface area contributed by atoms with Gasteiger partial charge in [0.2, 0.25) is 0 Å². The number of rotatable bonds is 8. The van der Waals surface area contributed by atoms with Gasteiger partial charge in [0.1, 0.15) is 0 Å². The number of pyridine rings is 1. The van der Waals surface area contributed by atoms with E-state index < -0.39 is 26.5 Å². The number of halogens is 3.